The zero-order valence-electron chi connectivity index (χ0n) is 9.72. The summed E-state index contributed by atoms with van der Waals surface area (Å²) in [5.41, 5.74) is 1.84. The van der Waals surface area contributed by atoms with Crippen molar-refractivity contribution in [3.05, 3.63) is 52.9 Å². The number of para-hydroxylation sites is 1. The molecule has 0 bridgehead atoms. The van der Waals surface area contributed by atoms with Crippen molar-refractivity contribution in [1.82, 2.24) is 15.2 Å². The summed E-state index contributed by atoms with van der Waals surface area (Å²) in [6.45, 7) is 0. The third-order valence-electron chi connectivity index (χ3n) is 2.68. The predicted molar refractivity (Wildman–Crippen MR) is 76.0 cm³/mol. The first-order valence-electron chi connectivity index (χ1n) is 5.59. The van der Waals surface area contributed by atoms with Crippen molar-refractivity contribution >= 4 is 38.4 Å². The Morgan fingerprint density at radius 1 is 1.21 bits per heavy atom. The normalized spacial score (nSPS) is 10.6. The molecule has 5 nitrogen and oxygen atoms in total. The molecule has 2 N–H and O–H groups in total. The average Bonchev–Trinajstić information content (AvgIpc) is 2.89. The number of carbonyl (C=O) groups is 1. The summed E-state index contributed by atoms with van der Waals surface area (Å²) in [4.78, 5) is 16.1. The molecule has 0 saturated carbocycles. The lowest BCUT2D eigenvalue weighted by Crippen LogP contribution is -2.13. The lowest BCUT2D eigenvalue weighted by Gasteiger charge is -2.05. The maximum Gasteiger partial charge on any atom is 0.274 e. The van der Waals surface area contributed by atoms with Crippen LogP contribution in [0.2, 0.25) is 0 Å². The molecule has 0 saturated heterocycles. The molecule has 19 heavy (non-hydrogen) atoms. The van der Waals surface area contributed by atoms with Crippen LogP contribution in [0, 0.1) is 0 Å². The lowest BCUT2D eigenvalue weighted by atomic mass is 10.2. The molecule has 1 amide bonds. The van der Waals surface area contributed by atoms with Crippen LogP contribution in [-0.4, -0.2) is 21.1 Å². The van der Waals surface area contributed by atoms with Crippen LogP contribution in [0.15, 0.2) is 47.2 Å². The highest BCUT2D eigenvalue weighted by molar-refractivity contribution is 9.10. The molecule has 0 aliphatic heterocycles. The van der Waals surface area contributed by atoms with Crippen molar-refractivity contribution in [1.29, 1.82) is 0 Å². The van der Waals surface area contributed by atoms with Crippen LogP contribution in [0.25, 0.3) is 10.9 Å². The van der Waals surface area contributed by atoms with E-state index < -0.39 is 0 Å². The Hall–Kier alpha value is -2.21. The minimum atomic E-state index is -0.255. The molecule has 94 valence electrons. The summed E-state index contributed by atoms with van der Waals surface area (Å²) in [7, 11) is 0. The van der Waals surface area contributed by atoms with Gasteiger partial charge in [-0.2, -0.15) is 5.10 Å². The highest BCUT2D eigenvalue weighted by atomic mass is 79.9. The maximum absolute atomic E-state index is 12.1. The third kappa shape index (κ3) is 2.34. The number of halogens is 1. The van der Waals surface area contributed by atoms with E-state index in [1.807, 2.05) is 18.2 Å². The molecule has 2 heterocycles. The number of hydrogen-bond acceptors (Lipinski definition) is 3. The van der Waals surface area contributed by atoms with E-state index in [0.29, 0.717) is 11.4 Å². The average molecular weight is 317 g/mol. The number of aromatic amines is 1. The zero-order valence-corrected chi connectivity index (χ0v) is 11.3. The van der Waals surface area contributed by atoms with Gasteiger partial charge in [0.2, 0.25) is 0 Å². The number of amides is 1. The number of aromatic nitrogens is 3. The molecule has 2 aromatic heterocycles. The number of hydrogen-bond donors (Lipinski definition) is 2. The third-order valence-corrected chi connectivity index (χ3v) is 3.15. The van der Waals surface area contributed by atoms with Crippen LogP contribution in [0.4, 0.5) is 5.69 Å². The molecule has 0 radical (unpaired) electrons. The first-order chi connectivity index (χ1) is 9.24. The van der Waals surface area contributed by atoms with Gasteiger partial charge in [-0.1, -0.05) is 12.1 Å². The van der Waals surface area contributed by atoms with Gasteiger partial charge in [-0.05, 0) is 34.1 Å². The molecule has 3 rings (SSSR count). The Kier molecular flexibility index (Phi) is 3.00. The number of nitrogens with one attached hydrogen (secondary N) is 2. The zero-order chi connectivity index (χ0) is 13.2. The first kappa shape index (κ1) is 11.9. The van der Waals surface area contributed by atoms with Crippen molar-refractivity contribution in [2.45, 2.75) is 0 Å². The molecule has 0 spiro atoms. The van der Waals surface area contributed by atoms with E-state index in [-0.39, 0.29) is 5.91 Å². The highest BCUT2D eigenvalue weighted by Crippen LogP contribution is 2.21. The fraction of sp³-hybridized carbons (Fsp3) is 0. The topological polar surface area (TPSA) is 70.7 Å². The number of carbonyl (C=O) groups excluding carboxylic acids is 1. The van der Waals surface area contributed by atoms with Gasteiger partial charge in [-0.3, -0.25) is 9.89 Å². The van der Waals surface area contributed by atoms with E-state index in [2.05, 4.69) is 36.4 Å². The quantitative estimate of drug-likeness (QED) is 0.763. The van der Waals surface area contributed by atoms with E-state index in [4.69, 9.17) is 0 Å². The van der Waals surface area contributed by atoms with Gasteiger partial charge in [-0.25, -0.2) is 4.98 Å². The van der Waals surface area contributed by atoms with E-state index in [1.165, 1.54) is 0 Å². The molecule has 0 aliphatic carbocycles. The number of anilines is 1. The molecular formula is C13H9BrN4O. The number of pyridine rings is 1. The number of benzene rings is 1. The van der Waals surface area contributed by atoms with Crippen molar-refractivity contribution in [3.8, 4) is 0 Å². The monoisotopic (exact) mass is 316 g/mol. The standard InChI is InChI=1S/C13H9BrN4O/c14-9-4-5-11(15-7-9)13(19)17-10-3-1-2-8-6-16-18-12(8)10/h1-7H,(H,16,18)(H,17,19). The summed E-state index contributed by atoms with van der Waals surface area (Å²) >= 11 is 3.28. The first-order valence-corrected chi connectivity index (χ1v) is 6.38. The van der Waals surface area contributed by atoms with Crippen molar-refractivity contribution in [2.24, 2.45) is 0 Å². The second-order valence-electron chi connectivity index (χ2n) is 3.96. The molecule has 1 aromatic carbocycles. The van der Waals surface area contributed by atoms with Crippen molar-refractivity contribution in [3.63, 3.8) is 0 Å². The highest BCUT2D eigenvalue weighted by Gasteiger charge is 2.10. The molecule has 6 heteroatoms. The van der Waals surface area contributed by atoms with Gasteiger partial charge in [0.25, 0.3) is 5.91 Å². The van der Waals surface area contributed by atoms with Gasteiger partial charge in [-0.15, -0.1) is 0 Å². The number of rotatable bonds is 2. The second-order valence-corrected chi connectivity index (χ2v) is 4.87. The van der Waals surface area contributed by atoms with Gasteiger partial charge in [0.15, 0.2) is 0 Å². The van der Waals surface area contributed by atoms with E-state index >= 15 is 0 Å². The van der Waals surface area contributed by atoms with Gasteiger partial charge in [0, 0.05) is 16.1 Å². The van der Waals surface area contributed by atoms with Crippen LogP contribution in [0.3, 0.4) is 0 Å². The van der Waals surface area contributed by atoms with Gasteiger partial charge < -0.3 is 5.32 Å². The number of fused-ring (bicyclic) bond motifs is 1. The van der Waals surface area contributed by atoms with Crippen molar-refractivity contribution < 1.29 is 4.79 Å². The molecular weight excluding hydrogens is 308 g/mol. The Balaban J connectivity index is 1.90. The van der Waals surface area contributed by atoms with E-state index in [1.54, 1.807) is 24.5 Å². The molecule has 3 aromatic rings. The fourth-order valence-electron chi connectivity index (χ4n) is 1.77. The van der Waals surface area contributed by atoms with Crippen LogP contribution < -0.4 is 5.32 Å². The van der Waals surface area contributed by atoms with Crippen LogP contribution >= 0.6 is 15.9 Å². The largest absolute Gasteiger partial charge is 0.319 e. The summed E-state index contributed by atoms with van der Waals surface area (Å²) < 4.78 is 0.833. The van der Waals surface area contributed by atoms with Crippen LogP contribution in [-0.2, 0) is 0 Å². The van der Waals surface area contributed by atoms with Gasteiger partial charge >= 0.3 is 0 Å². The smallest absolute Gasteiger partial charge is 0.274 e. The molecule has 0 fully saturated rings. The van der Waals surface area contributed by atoms with Crippen LogP contribution in [0.5, 0.6) is 0 Å². The number of nitrogens with zero attached hydrogens (tertiary/aromatic N) is 2. The number of H-pyrrole nitrogens is 1. The Morgan fingerprint density at radius 3 is 2.89 bits per heavy atom. The fourth-order valence-corrected chi connectivity index (χ4v) is 2.00. The van der Waals surface area contributed by atoms with Crippen LogP contribution in [0.1, 0.15) is 10.5 Å². The summed E-state index contributed by atoms with van der Waals surface area (Å²) in [5, 5.41) is 10.6. The molecule has 0 atom stereocenters. The molecule has 0 unspecified atom stereocenters. The Bertz CT molecular complexity index is 736. The summed E-state index contributed by atoms with van der Waals surface area (Å²) in [6.07, 6.45) is 3.30. The van der Waals surface area contributed by atoms with E-state index in [9.17, 15) is 4.79 Å². The van der Waals surface area contributed by atoms with Crippen molar-refractivity contribution in [2.75, 3.05) is 5.32 Å². The van der Waals surface area contributed by atoms with E-state index in [0.717, 1.165) is 15.4 Å². The Labute approximate surface area is 117 Å². The lowest BCUT2D eigenvalue weighted by molar-refractivity contribution is 0.102. The Morgan fingerprint density at radius 2 is 2.11 bits per heavy atom. The SMILES string of the molecule is O=C(Nc1cccc2cn[nH]c12)c1ccc(Br)cn1. The minimum Gasteiger partial charge on any atom is -0.319 e. The predicted octanol–water partition coefficient (Wildman–Crippen LogP) is 2.97. The summed E-state index contributed by atoms with van der Waals surface area (Å²) in [6, 6.07) is 9.04. The summed E-state index contributed by atoms with van der Waals surface area (Å²) in [5.74, 6) is -0.255. The second kappa shape index (κ2) is 4.81. The van der Waals surface area contributed by atoms with Gasteiger partial charge in [0.05, 0.1) is 17.4 Å². The minimum absolute atomic E-state index is 0.255. The van der Waals surface area contributed by atoms with Gasteiger partial charge in [0.1, 0.15) is 5.69 Å². The maximum atomic E-state index is 12.1. The molecule has 0 aliphatic rings.